The van der Waals surface area contributed by atoms with Gasteiger partial charge in [-0.05, 0) is 91.3 Å². The molecule has 0 aromatic heterocycles. The number of hydrogen-bond donors (Lipinski definition) is 2. The first kappa shape index (κ1) is 21.9. The van der Waals surface area contributed by atoms with Gasteiger partial charge in [-0.2, -0.15) is 0 Å². The summed E-state index contributed by atoms with van der Waals surface area (Å²) < 4.78 is 0. The van der Waals surface area contributed by atoms with E-state index in [-0.39, 0.29) is 12.1 Å². The maximum atomic E-state index is 10.3. The van der Waals surface area contributed by atoms with Crippen LogP contribution in [0.25, 0.3) is 0 Å². The van der Waals surface area contributed by atoms with Gasteiger partial charge >= 0.3 is 0 Å². The average molecular weight is 402 g/mol. The molecule has 0 aromatic rings. The normalized spacial score (nSPS) is 47.9. The third-order valence-electron chi connectivity index (χ3n) is 10.4. The second kappa shape index (κ2) is 7.97. The van der Waals surface area contributed by atoms with E-state index in [0.29, 0.717) is 16.7 Å². The zero-order chi connectivity index (χ0) is 21.0. The van der Waals surface area contributed by atoms with Crippen molar-refractivity contribution >= 4 is 0 Å². The van der Waals surface area contributed by atoms with Gasteiger partial charge in [0.1, 0.15) is 0 Å². The van der Waals surface area contributed by atoms with Gasteiger partial charge in [0.2, 0.25) is 0 Å². The van der Waals surface area contributed by atoms with Crippen LogP contribution in [0.2, 0.25) is 0 Å². The van der Waals surface area contributed by atoms with Crippen LogP contribution in [0.4, 0.5) is 0 Å². The van der Waals surface area contributed by atoms with Crippen LogP contribution in [0, 0.1) is 46.3 Å². The van der Waals surface area contributed by atoms with Crippen molar-refractivity contribution in [3.05, 3.63) is 11.6 Å². The quantitative estimate of drug-likeness (QED) is 0.529. The van der Waals surface area contributed by atoms with Crippen molar-refractivity contribution in [1.82, 2.24) is 0 Å². The van der Waals surface area contributed by atoms with Crippen LogP contribution < -0.4 is 5.73 Å². The van der Waals surface area contributed by atoms with Crippen molar-refractivity contribution in [3.63, 3.8) is 0 Å². The van der Waals surface area contributed by atoms with E-state index in [2.05, 4.69) is 40.7 Å². The van der Waals surface area contributed by atoms with E-state index in [9.17, 15) is 5.11 Å². The van der Waals surface area contributed by atoms with Crippen LogP contribution in [-0.4, -0.2) is 17.3 Å². The number of hydrogen-bond acceptors (Lipinski definition) is 2. The molecule has 0 aromatic carbocycles. The van der Waals surface area contributed by atoms with Crippen molar-refractivity contribution in [2.75, 3.05) is 0 Å². The maximum absolute atomic E-state index is 10.3. The molecule has 0 bridgehead atoms. The largest absolute Gasteiger partial charge is 0.393 e. The predicted molar refractivity (Wildman–Crippen MR) is 122 cm³/mol. The molecule has 4 aliphatic rings. The molecule has 9 atom stereocenters. The summed E-state index contributed by atoms with van der Waals surface area (Å²) in [4.78, 5) is 0. The molecule has 2 nitrogen and oxygen atoms in total. The van der Waals surface area contributed by atoms with Gasteiger partial charge in [0.05, 0.1) is 6.10 Å². The first-order valence-electron chi connectivity index (χ1n) is 12.8. The highest BCUT2D eigenvalue weighted by molar-refractivity contribution is 5.28. The lowest BCUT2D eigenvalue weighted by Crippen LogP contribution is -2.56. The summed E-state index contributed by atoms with van der Waals surface area (Å²) in [5.74, 6) is 4.77. The Morgan fingerprint density at radius 3 is 2.52 bits per heavy atom. The van der Waals surface area contributed by atoms with E-state index in [4.69, 9.17) is 5.73 Å². The number of aliphatic hydroxyl groups excluding tert-OH is 1. The van der Waals surface area contributed by atoms with Gasteiger partial charge in [-0.15, -0.1) is 0 Å². The van der Waals surface area contributed by atoms with Gasteiger partial charge in [-0.1, -0.05) is 65.5 Å². The fourth-order valence-corrected chi connectivity index (χ4v) is 8.74. The van der Waals surface area contributed by atoms with E-state index in [1.165, 1.54) is 50.5 Å². The molecule has 2 heteroatoms. The van der Waals surface area contributed by atoms with Crippen LogP contribution in [-0.2, 0) is 0 Å². The fraction of sp³-hybridized carbons (Fsp3) is 0.926. The number of aliphatic hydroxyl groups is 1. The highest BCUT2D eigenvalue weighted by Crippen LogP contribution is 2.67. The summed E-state index contributed by atoms with van der Waals surface area (Å²) in [6, 6.07) is 0.202. The van der Waals surface area contributed by atoms with Crippen molar-refractivity contribution in [1.29, 1.82) is 0 Å². The minimum absolute atomic E-state index is 0.144. The highest BCUT2D eigenvalue weighted by Gasteiger charge is 2.60. The third kappa shape index (κ3) is 3.65. The zero-order valence-corrected chi connectivity index (χ0v) is 19.8. The fourth-order valence-electron chi connectivity index (χ4n) is 8.74. The first-order valence-corrected chi connectivity index (χ1v) is 12.8. The Kier molecular flexibility index (Phi) is 6.01. The molecule has 0 spiro atoms. The predicted octanol–water partition coefficient (Wildman–Crippen LogP) is 6.33. The molecule has 0 heterocycles. The second-order valence-electron chi connectivity index (χ2n) is 12.4. The monoisotopic (exact) mass is 401 g/mol. The summed E-state index contributed by atoms with van der Waals surface area (Å²) in [6.45, 7) is 12.4. The molecule has 3 N–H and O–H groups in total. The molecule has 0 radical (unpaired) electrons. The van der Waals surface area contributed by atoms with Crippen LogP contribution >= 0.6 is 0 Å². The third-order valence-corrected chi connectivity index (χ3v) is 10.4. The van der Waals surface area contributed by atoms with Gasteiger partial charge in [0, 0.05) is 6.04 Å². The van der Waals surface area contributed by atoms with Crippen molar-refractivity contribution in [2.24, 2.45) is 52.1 Å². The Morgan fingerprint density at radius 1 is 1.03 bits per heavy atom. The summed E-state index contributed by atoms with van der Waals surface area (Å²) in [6.07, 6.45) is 15.0. The van der Waals surface area contributed by atoms with Crippen molar-refractivity contribution in [3.8, 4) is 0 Å². The van der Waals surface area contributed by atoms with Gasteiger partial charge in [0.25, 0.3) is 0 Å². The molecule has 3 fully saturated rings. The van der Waals surface area contributed by atoms with Gasteiger partial charge in [-0.25, -0.2) is 0 Å². The lowest BCUT2D eigenvalue weighted by Gasteiger charge is -2.60. The molecule has 0 amide bonds. The molecule has 4 aliphatic carbocycles. The minimum atomic E-state index is -0.144. The number of rotatable bonds is 5. The molecule has 166 valence electrons. The first-order chi connectivity index (χ1) is 13.7. The molecule has 3 saturated carbocycles. The molecular formula is C27H47NO. The van der Waals surface area contributed by atoms with E-state index in [1.54, 1.807) is 0 Å². The Morgan fingerprint density at radius 2 is 1.79 bits per heavy atom. The second-order valence-corrected chi connectivity index (χ2v) is 12.4. The van der Waals surface area contributed by atoms with Gasteiger partial charge in [0.15, 0.2) is 0 Å². The summed E-state index contributed by atoms with van der Waals surface area (Å²) >= 11 is 0. The minimum Gasteiger partial charge on any atom is -0.393 e. The number of nitrogens with two attached hydrogens (primary N) is 1. The lowest BCUT2D eigenvalue weighted by atomic mass is 9.46. The summed E-state index contributed by atoms with van der Waals surface area (Å²) in [5, 5.41) is 10.3. The molecule has 4 unspecified atom stereocenters. The molecule has 0 aliphatic heterocycles. The Balaban J connectivity index is 1.54. The zero-order valence-electron chi connectivity index (χ0n) is 19.8. The van der Waals surface area contributed by atoms with E-state index in [1.807, 2.05) is 0 Å². The van der Waals surface area contributed by atoms with Crippen LogP contribution in [0.1, 0.15) is 98.8 Å². The number of fused-ring (bicyclic) bond motifs is 5. The van der Waals surface area contributed by atoms with Crippen LogP contribution in [0.5, 0.6) is 0 Å². The topological polar surface area (TPSA) is 46.2 Å². The summed E-state index contributed by atoms with van der Waals surface area (Å²) in [5.41, 5.74) is 9.17. The van der Waals surface area contributed by atoms with E-state index < -0.39 is 0 Å². The van der Waals surface area contributed by atoms with E-state index in [0.717, 1.165) is 48.9 Å². The lowest BCUT2D eigenvalue weighted by molar-refractivity contribution is -0.0632. The molecule has 0 saturated heterocycles. The van der Waals surface area contributed by atoms with Crippen molar-refractivity contribution in [2.45, 2.75) is 111 Å². The Bertz CT molecular complexity index is 626. The summed E-state index contributed by atoms with van der Waals surface area (Å²) in [7, 11) is 0. The molecule has 4 rings (SSSR count). The highest BCUT2D eigenvalue weighted by atomic mass is 16.3. The smallest absolute Gasteiger partial charge is 0.0577 e. The molecular weight excluding hydrogens is 354 g/mol. The Labute approximate surface area is 180 Å². The van der Waals surface area contributed by atoms with E-state index >= 15 is 0 Å². The van der Waals surface area contributed by atoms with Gasteiger partial charge in [-0.3, -0.25) is 0 Å². The maximum Gasteiger partial charge on any atom is 0.0577 e. The van der Waals surface area contributed by atoms with Gasteiger partial charge < -0.3 is 10.8 Å². The Hall–Kier alpha value is -0.340. The van der Waals surface area contributed by atoms with Crippen LogP contribution in [0.3, 0.4) is 0 Å². The van der Waals surface area contributed by atoms with Crippen LogP contribution in [0.15, 0.2) is 11.6 Å². The standard InChI is InChI=1S/C27H47NO/c1-17(2)7-6-8-18(3)21-9-10-22-25-23(12-14-27(21,22)5)26(4)13-11-20(29)15-19(26)16-24(25)28/h16-18,20-25,29H,6-15,28H2,1-5H3/t18-,20+,21-,22?,23?,24?,25?,26+,27-/m1/s1. The molecule has 29 heavy (non-hydrogen) atoms. The average Bonchev–Trinajstić information content (AvgIpc) is 3.00. The van der Waals surface area contributed by atoms with Crippen molar-refractivity contribution < 1.29 is 5.11 Å². The SMILES string of the molecule is CC(C)CCC[C@@H](C)[C@H]1CCC2C3C(N)C=C4C[C@@H](O)CC[C@]4(C)C3CC[C@@]21C.